The monoisotopic (exact) mass is 270 g/mol. The van der Waals surface area contributed by atoms with E-state index in [4.69, 9.17) is 4.74 Å². The third-order valence-corrected chi connectivity index (χ3v) is 3.19. The summed E-state index contributed by atoms with van der Waals surface area (Å²) in [6.07, 6.45) is 1.99. The molecule has 0 atom stereocenters. The van der Waals surface area contributed by atoms with Crippen LogP contribution < -0.4 is 0 Å². The van der Waals surface area contributed by atoms with E-state index in [1.165, 1.54) is 0 Å². The van der Waals surface area contributed by atoms with Crippen LogP contribution in [0.15, 0.2) is 5.38 Å². The van der Waals surface area contributed by atoms with Crippen molar-refractivity contribution in [3.05, 3.63) is 16.1 Å². The number of ether oxygens (including phenoxy) is 1. The number of hydrogen-bond acceptors (Lipinski definition) is 5. The second kappa shape index (κ2) is 7.10. The fourth-order valence-corrected chi connectivity index (χ4v) is 2.03. The SMILES string of the molecule is CCCCN(C)C(=O)c1csc(C(=O)OCC)n1. The van der Waals surface area contributed by atoms with Crippen LogP contribution in [-0.4, -0.2) is 42.0 Å². The lowest BCUT2D eigenvalue weighted by molar-refractivity contribution is 0.0526. The van der Waals surface area contributed by atoms with Gasteiger partial charge in [0.2, 0.25) is 5.01 Å². The van der Waals surface area contributed by atoms with Crippen LogP contribution in [0.25, 0.3) is 0 Å². The molecule has 0 aliphatic rings. The summed E-state index contributed by atoms with van der Waals surface area (Å²) in [7, 11) is 1.74. The summed E-state index contributed by atoms with van der Waals surface area (Å²) < 4.78 is 4.83. The number of nitrogens with zero attached hydrogens (tertiary/aromatic N) is 2. The first kappa shape index (κ1) is 14.6. The van der Waals surface area contributed by atoms with Gasteiger partial charge in [0.05, 0.1) is 6.61 Å². The highest BCUT2D eigenvalue weighted by molar-refractivity contribution is 7.11. The minimum atomic E-state index is -0.474. The maximum Gasteiger partial charge on any atom is 0.367 e. The zero-order valence-corrected chi connectivity index (χ0v) is 11.7. The lowest BCUT2D eigenvalue weighted by Crippen LogP contribution is -2.28. The van der Waals surface area contributed by atoms with E-state index < -0.39 is 5.97 Å². The number of aromatic nitrogens is 1. The molecule has 5 nitrogen and oxygen atoms in total. The van der Waals surface area contributed by atoms with Crippen molar-refractivity contribution >= 4 is 23.2 Å². The zero-order chi connectivity index (χ0) is 13.5. The fourth-order valence-electron chi connectivity index (χ4n) is 1.35. The topological polar surface area (TPSA) is 59.5 Å². The Kier molecular flexibility index (Phi) is 5.77. The van der Waals surface area contributed by atoms with Gasteiger partial charge < -0.3 is 9.64 Å². The first-order valence-corrected chi connectivity index (χ1v) is 6.86. The molecule has 0 aliphatic heterocycles. The number of esters is 1. The largest absolute Gasteiger partial charge is 0.461 e. The van der Waals surface area contributed by atoms with E-state index in [1.54, 1.807) is 24.3 Å². The number of carbonyl (C=O) groups is 2. The number of hydrogen-bond donors (Lipinski definition) is 0. The standard InChI is InChI=1S/C12H18N2O3S/c1-4-6-7-14(3)11(15)9-8-18-10(13-9)12(16)17-5-2/h8H,4-7H2,1-3H3. The molecule has 0 aromatic carbocycles. The predicted molar refractivity (Wildman–Crippen MR) is 69.9 cm³/mol. The summed E-state index contributed by atoms with van der Waals surface area (Å²) in [6, 6.07) is 0. The molecule has 0 radical (unpaired) electrons. The van der Waals surface area contributed by atoms with Crippen LogP contribution in [0.5, 0.6) is 0 Å². The summed E-state index contributed by atoms with van der Waals surface area (Å²) in [6.45, 7) is 4.80. The van der Waals surface area contributed by atoms with Crippen LogP contribution in [-0.2, 0) is 4.74 Å². The van der Waals surface area contributed by atoms with E-state index in [0.717, 1.165) is 24.2 Å². The molecule has 0 N–H and O–H groups in total. The molecule has 6 heteroatoms. The zero-order valence-electron chi connectivity index (χ0n) is 10.9. The average Bonchev–Trinajstić information content (AvgIpc) is 2.84. The van der Waals surface area contributed by atoms with Crippen molar-refractivity contribution in [1.82, 2.24) is 9.88 Å². The van der Waals surface area contributed by atoms with Gasteiger partial charge in [-0.05, 0) is 13.3 Å². The number of amides is 1. The van der Waals surface area contributed by atoms with E-state index in [2.05, 4.69) is 11.9 Å². The highest BCUT2D eigenvalue weighted by Gasteiger charge is 2.18. The van der Waals surface area contributed by atoms with Gasteiger partial charge in [0.15, 0.2) is 0 Å². The molecule has 0 bridgehead atoms. The molecule has 0 fully saturated rings. The summed E-state index contributed by atoms with van der Waals surface area (Å²) in [5.41, 5.74) is 0.307. The molecule has 18 heavy (non-hydrogen) atoms. The van der Waals surface area contributed by atoms with Crippen molar-refractivity contribution in [3.63, 3.8) is 0 Å². The molecule has 1 amide bonds. The molecule has 0 saturated heterocycles. The molecule has 0 aliphatic carbocycles. The molecule has 0 spiro atoms. The number of unbranched alkanes of at least 4 members (excludes halogenated alkanes) is 1. The predicted octanol–water partition coefficient (Wildman–Crippen LogP) is 2.19. The first-order chi connectivity index (χ1) is 8.60. The van der Waals surface area contributed by atoms with Gasteiger partial charge in [0, 0.05) is 19.0 Å². The third kappa shape index (κ3) is 3.80. The summed E-state index contributed by atoms with van der Waals surface area (Å²) in [4.78, 5) is 29.0. The minimum absolute atomic E-state index is 0.157. The van der Waals surface area contributed by atoms with Crippen LogP contribution >= 0.6 is 11.3 Å². The summed E-state index contributed by atoms with van der Waals surface area (Å²) >= 11 is 1.13. The van der Waals surface area contributed by atoms with Gasteiger partial charge in [-0.15, -0.1) is 11.3 Å². The maximum atomic E-state index is 12.0. The molecule has 100 valence electrons. The Balaban J connectivity index is 2.67. The van der Waals surface area contributed by atoms with Gasteiger partial charge in [-0.1, -0.05) is 13.3 Å². The Morgan fingerprint density at radius 1 is 1.44 bits per heavy atom. The lowest BCUT2D eigenvalue weighted by atomic mass is 10.3. The molecular formula is C12H18N2O3S. The Morgan fingerprint density at radius 3 is 2.78 bits per heavy atom. The number of carbonyl (C=O) groups excluding carboxylic acids is 2. The van der Waals surface area contributed by atoms with Gasteiger partial charge in [-0.25, -0.2) is 9.78 Å². The maximum absolute atomic E-state index is 12.0. The second-order valence-electron chi connectivity index (χ2n) is 3.84. The molecular weight excluding hydrogens is 252 g/mol. The van der Waals surface area contributed by atoms with Crippen LogP contribution in [0.2, 0.25) is 0 Å². The van der Waals surface area contributed by atoms with E-state index in [0.29, 0.717) is 18.8 Å². The molecule has 0 unspecified atom stereocenters. The van der Waals surface area contributed by atoms with Crippen molar-refractivity contribution in [1.29, 1.82) is 0 Å². The van der Waals surface area contributed by atoms with Gasteiger partial charge in [0.25, 0.3) is 5.91 Å². The van der Waals surface area contributed by atoms with Crippen molar-refractivity contribution in [2.45, 2.75) is 26.7 Å². The Morgan fingerprint density at radius 2 is 2.17 bits per heavy atom. The quantitative estimate of drug-likeness (QED) is 0.743. The highest BCUT2D eigenvalue weighted by Crippen LogP contribution is 2.13. The van der Waals surface area contributed by atoms with Gasteiger partial charge in [0.1, 0.15) is 5.69 Å². The van der Waals surface area contributed by atoms with Crippen LogP contribution in [0, 0.1) is 0 Å². The van der Waals surface area contributed by atoms with Gasteiger partial charge >= 0.3 is 5.97 Å². The van der Waals surface area contributed by atoms with Crippen molar-refractivity contribution in [2.24, 2.45) is 0 Å². The van der Waals surface area contributed by atoms with Gasteiger partial charge in [-0.3, -0.25) is 4.79 Å². The molecule has 1 aromatic rings. The average molecular weight is 270 g/mol. The van der Waals surface area contributed by atoms with E-state index in [-0.39, 0.29) is 10.9 Å². The normalized spacial score (nSPS) is 10.2. The fraction of sp³-hybridized carbons (Fsp3) is 0.583. The van der Waals surface area contributed by atoms with Gasteiger partial charge in [-0.2, -0.15) is 0 Å². The number of thiazole rings is 1. The third-order valence-electron chi connectivity index (χ3n) is 2.37. The van der Waals surface area contributed by atoms with Crippen LogP contribution in [0.1, 0.15) is 47.0 Å². The Hall–Kier alpha value is -1.43. The number of rotatable bonds is 6. The van der Waals surface area contributed by atoms with Crippen molar-refractivity contribution in [2.75, 3.05) is 20.2 Å². The minimum Gasteiger partial charge on any atom is -0.461 e. The Bertz CT molecular complexity index is 417. The summed E-state index contributed by atoms with van der Waals surface area (Å²) in [5, 5.41) is 1.82. The van der Waals surface area contributed by atoms with Crippen molar-refractivity contribution in [3.8, 4) is 0 Å². The molecule has 1 heterocycles. The van der Waals surface area contributed by atoms with Crippen LogP contribution in [0.3, 0.4) is 0 Å². The molecule has 0 saturated carbocycles. The Labute approximate surface area is 111 Å². The van der Waals surface area contributed by atoms with E-state index >= 15 is 0 Å². The van der Waals surface area contributed by atoms with E-state index in [1.807, 2.05) is 0 Å². The van der Waals surface area contributed by atoms with Crippen molar-refractivity contribution < 1.29 is 14.3 Å². The van der Waals surface area contributed by atoms with E-state index in [9.17, 15) is 9.59 Å². The molecule has 1 aromatic heterocycles. The lowest BCUT2D eigenvalue weighted by Gasteiger charge is -2.14. The first-order valence-electron chi connectivity index (χ1n) is 5.98. The smallest absolute Gasteiger partial charge is 0.367 e. The molecule has 1 rings (SSSR count). The highest BCUT2D eigenvalue weighted by atomic mass is 32.1. The second-order valence-corrected chi connectivity index (χ2v) is 4.70. The van der Waals surface area contributed by atoms with Crippen LogP contribution in [0.4, 0.5) is 0 Å². The summed E-state index contributed by atoms with van der Waals surface area (Å²) in [5.74, 6) is -0.631.